The van der Waals surface area contributed by atoms with Crippen molar-refractivity contribution in [2.45, 2.75) is 21.1 Å². The molecule has 3 amide bonds. The lowest BCUT2D eigenvalue weighted by atomic mass is 9.82. The monoisotopic (exact) mass is 745 g/mol. The Labute approximate surface area is 276 Å². The number of sulfonamides is 1. The largest absolute Gasteiger partial charge is 0.483 e. The van der Waals surface area contributed by atoms with Crippen molar-refractivity contribution in [3.05, 3.63) is 101 Å². The number of nitro benzene ring substituents is 1. The molecule has 4 N–H and O–H groups in total. The molecule has 46 heavy (non-hydrogen) atoms. The van der Waals surface area contributed by atoms with Gasteiger partial charge in [0.2, 0.25) is 21.8 Å². The molecule has 0 bridgehead atoms. The molecular formula is C28H20BrN5O9S3. The Kier molecular flexibility index (Phi) is 8.32. The second kappa shape index (κ2) is 12.1. The van der Waals surface area contributed by atoms with Gasteiger partial charge in [-0.2, -0.15) is 0 Å². The molecular weight excluding hydrogens is 726 g/mol. The number of hydrogen-bond donors (Lipinski definition) is 3. The van der Waals surface area contributed by atoms with Crippen LogP contribution in [0.1, 0.15) is 16.4 Å². The molecule has 3 atom stereocenters. The van der Waals surface area contributed by atoms with Gasteiger partial charge >= 0.3 is 4.87 Å². The minimum atomic E-state index is -3.91. The average molecular weight is 747 g/mol. The molecule has 236 valence electrons. The third-order valence-electron chi connectivity index (χ3n) is 7.27. The molecule has 3 aromatic carbocycles. The summed E-state index contributed by atoms with van der Waals surface area (Å²) in [7, 11) is -3.91. The van der Waals surface area contributed by atoms with Crippen molar-refractivity contribution >= 4 is 83.8 Å². The van der Waals surface area contributed by atoms with E-state index in [2.05, 4.69) is 26.2 Å². The minimum absolute atomic E-state index is 0.122. The first-order valence-corrected chi connectivity index (χ1v) is 17.2. The second-order valence-electron chi connectivity index (χ2n) is 10.1. The summed E-state index contributed by atoms with van der Waals surface area (Å²) in [6, 6.07) is 15.3. The first-order chi connectivity index (χ1) is 21.8. The number of carbonyl (C=O) groups excluding carboxylic acids is 3. The van der Waals surface area contributed by atoms with E-state index in [4.69, 9.17) is 9.88 Å². The van der Waals surface area contributed by atoms with Crippen LogP contribution in [0.2, 0.25) is 0 Å². The number of anilines is 2. The van der Waals surface area contributed by atoms with E-state index in [0.717, 1.165) is 28.0 Å². The number of amides is 3. The predicted octanol–water partition coefficient (Wildman–Crippen LogP) is 3.57. The number of thioether (sulfide) groups is 1. The smallest absolute Gasteiger partial charge is 0.305 e. The number of aromatic amines is 1. The summed E-state index contributed by atoms with van der Waals surface area (Å²) in [5, 5.41) is 18.4. The van der Waals surface area contributed by atoms with Crippen molar-refractivity contribution in [2.24, 2.45) is 11.1 Å². The topological polar surface area (TPSA) is 212 Å². The third-order valence-corrected chi connectivity index (χ3v) is 11.1. The van der Waals surface area contributed by atoms with Crippen molar-refractivity contribution < 1.29 is 32.5 Å². The van der Waals surface area contributed by atoms with Crippen LogP contribution in [0, 0.1) is 16.0 Å². The number of primary sulfonamides is 1. The lowest BCUT2D eigenvalue weighted by Crippen LogP contribution is -2.32. The molecule has 0 radical (unpaired) electrons. The van der Waals surface area contributed by atoms with Crippen molar-refractivity contribution in [2.75, 3.05) is 16.8 Å². The Morgan fingerprint density at radius 1 is 1.07 bits per heavy atom. The maximum atomic E-state index is 14.0. The maximum absolute atomic E-state index is 14.0. The number of nitro groups is 1. The average Bonchev–Trinajstić information content (AvgIpc) is 3.50. The number of thiazole rings is 1. The van der Waals surface area contributed by atoms with Gasteiger partial charge in [-0.1, -0.05) is 39.0 Å². The molecule has 4 aromatic rings. The fourth-order valence-electron chi connectivity index (χ4n) is 5.29. The van der Waals surface area contributed by atoms with Crippen molar-refractivity contribution in [3.8, 4) is 5.75 Å². The summed E-state index contributed by atoms with van der Waals surface area (Å²) >= 11 is 5.41. The number of nitrogens with zero attached hydrogens (tertiary/aromatic N) is 2. The molecule has 14 nitrogen and oxygen atoms in total. The zero-order valence-corrected chi connectivity index (χ0v) is 27.1. The highest BCUT2D eigenvalue weighted by atomic mass is 79.9. The molecule has 0 saturated carbocycles. The van der Waals surface area contributed by atoms with Gasteiger partial charge in [0.1, 0.15) is 11.0 Å². The molecule has 1 aromatic heterocycles. The number of non-ortho nitro benzene ring substituents is 1. The number of fused-ring (bicyclic) bond motifs is 2. The van der Waals surface area contributed by atoms with E-state index in [1.165, 1.54) is 48.5 Å². The number of hydrogen-bond acceptors (Lipinski definition) is 11. The van der Waals surface area contributed by atoms with Crippen LogP contribution in [-0.2, 0) is 24.4 Å². The Balaban J connectivity index is 1.31. The van der Waals surface area contributed by atoms with E-state index in [9.17, 15) is 37.7 Å². The molecule has 2 aliphatic heterocycles. The summed E-state index contributed by atoms with van der Waals surface area (Å²) < 4.78 is 29.5. The fraction of sp³-hybridized carbons (Fsp3) is 0.143. The number of halogens is 1. The van der Waals surface area contributed by atoms with Gasteiger partial charge < -0.3 is 15.0 Å². The van der Waals surface area contributed by atoms with Gasteiger partial charge in [-0.25, -0.2) is 18.5 Å². The molecule has 2 aliphatic rings. The van der Waals surface area contributed by atoms with Crippen LogP contribution < -0.4 is 25.0 Å². The standard InChI is InChI=1S/C28H20BrN5O9S3/c29-13-1-10-19(43-12-20(35)31-14-2-8-17(9-3-14)46(30,41)42)18(11-13)21-22-24(44-25-23(21)45-28(38)32-25)27(37)33(26(22)36)15-4-6-16(7-5-15)34(39)40/h1-11,21-22,24H,12H2,(H,31,35)(H,32,38)(H2,30,41,42). The Morgan fingerprint density at radius 2 is 1.76 bits per heavy atom. The number of benzene rings is 3. The Bertz CT molecular complexity index is 2080. The summed E-state index contributed by atoms with van der Waals surface area (Å²) in [4.78, 5) is 67.3. The first kappa shape index (κ1) is 31.6. The summed E-state index contributed by atoms with van der Waals surface area (Å²) in [6.45, 7) is -0.473. The number of imide groups is 1. The number of rotatable bonds is 8. The molecule has 6 rings (SSSR count). The molecule has 1 fully saturated rings. The fourth-order valence-corrected chi connectivity index (χ4v) is 8.69. The Morgan fingerprint density at radius 3 is 2.41 bits per heavy atom. The summed E-state index contributed by atoms with van der Waals surface area (Å²) in [5.74, 6) is -3.25. The van der Waals surface area contributed by atoms with Crippen molar-refractivity contribution in [1.29, 1.82) is 0 Å². The van der Waals surface area contributed by atoms with Crippen LogP contribution >= 0.6 is 39.0 Å². The third kappa shape index (κ3) is 5.96. The van der Waals surface area contributed by atoms with Crippen LogP contribution in [0.15, 0.2) is 85.9 Å². The number of H-pyrrole nitrogens is 1. The van der Waals surface area contributed by atoms with E-state index in [1.807, 2.05) is 0 Å². The SMILES string of the molecule is NS(=O)(=O)c1ccc(NC(=O)COc2ccc(Br)cc2C2c3sc(=O)[nH]c3SC3C(=O)N(c4ccc([N+](=O)[O-])cc4)C(=O)C32)cc1. The number of aromatic nitrogens is 1. The van der Waals surface area contributed by atoms with Crippen LogP contribution in [0.25, 0.3) is 0 Å². The van der Waals surface area contributed by atoms with Gasteiger partial charge in [0.15, 0.2) is 6.61 Å². The lowest BCUT2D eigenvalue weighted by Gasteiger charge is -2.31. The summed E-state index contributed by atoms with van der Waals surface area (Å²) in [6.07, 6.45) is 0. The highest BCUT2D eigenvalue weighted by Gasteiger charge is 2.57. The maximum Gasteiger partial charge on any atom is 0.305 e. The summed E-state index contributed by atoms with van der Waals surface area (Å²) in [5.41, 5.74) is 0.712. The zero-order chi connectivity index (χ0) is 32.9. The molecule has 18 heteroatoms. The van der Waals surface area contributed by atoms with Crippen molar-refractivity contribution in [1.82, 2.24) is 4.98 Å². The Hall–Kier alpha value is -4.36. The molecule has 1 saturated heterocycles. The van der Waals surface area contributed by atoms with Crippen LogP contribution in [0.3, 0.4) is 0 Å². The lowest BCUT2D eigenvalue weighted by molar-refractivity contribution is -0.384. The quantitative estimate of drug-likeness (QED) is 0.136. The van der Waals surface area contributed by atoms with Gasteiger partial charge in [0, 0.05) is 38.7 Å². The number of ether oxygens (including phenoxy) is 1. The number of carbonyl (C=O) groups is 3. The van der Waals surface area contributed by atoms with E-state index in [1.54, 1.807) is 18.2 Å². The van der Waals surface area contributed by atoms with E-state index in [-0.39, 0.29) is 26.9 Å². The second-order valence-corrected chi connectivity index (χ2v) is 14.8. The highest BCUT2D eigenvalue weighted by Crippen LogP contribution is 2.54. The first-order valence-electron chi connectivity index (χ1n) is 13.2. The number of nitrogens with one attached hydrogen (secondary N) is 2. The molecule has 0 spiro atoms. The predicted molar refractivity (Wildman–Crippen MR) is 172 cm³/mol. The van der Waals surface area contributed by atoms with Crippen LogP contribution in [0.4, 0.5) is 17.1 Å². The van der Waals surface area contributed by atoms with E-state index >= 15 is 0 Å². The van der Waals surface area contributed by atoms with Gasteiger partial charge in [-0.3, -0.25) is 29.3 Å². The van der Waals surface area contributed by atoms with Crippen LogP contribution in [-0.4, -0.2) is 47.9 Å². The normalized spacial score (nSPS) is 19.0. The number of nitrogens with two attached hydrogens (primary N) is 1. The van der Waals surface area contributed by atoms with E-state index < -0.39 is 56.4 Å². The van der Waals surface area contributed by atoms with Crippen LogP contribution in [0.5, 0.6) is 5.75 Å². The highest BCUT2D eigenvalue weighted by molar-refractivity contribution is 9.10. The van der Waals surface area contributed by atoms with Gasteiger partial charge in [-0.15, -0.1) is 0 Å². The van der Waals surface area contributed by atoms with Gasteiger partial charge in [-0.05, 0) is 54.6 Å². The van der Waals surface area contributed by atoms with E-state index in [0.29, 0.717) is 25.6 Å². The van der Waals surface area contributed by atoms with Gasteiger partial charge in [0.25, 0.3) is 11.6 Å². The van der Waals surface area contributed by atoms with Crippen molar-refractivity contribution in [3.63, 3.8) is 0 Å². The minimum Gasteiger partial charge on any atom is -0.483 e. The molecule has 3 unspecified atom stereocenters. The molecule has 3 heterocycles. The zero-order valence-electron chi connectivity index (χ0n) is 23.0. The molecule has 0 aliphatic carbocycles. The van der Waals surface area contributed by atoms with Gasteiger partial charge in [0.05, 0.1) is 26.5 Å².